The molecule has 0 radical (unpaired) electrons. The van der Waals surface area contributed by atoms with E-state index in [1.165, 1.54) is 0 Å². The third-order valence-corrected chi connectivity index (χ3v) is 5.84. The number of morpholine rings is 1. The van der Waals surface area contributed by atoms with E-state index < -0.39 is 5.63 Å². The van der Waals surface area contributed by atoms with Crippen LogP contribution in [0, 0.1) is 5.92 Å². The number of carbonyl (C=O) groups is 1. The summed E-state index contributed by atoms with van der Waals surface area (Å²) in [4.78, 5) is 29.9. The molecule has 0 N–H and O–H groups in total. The number of piperidine rings is 1. The van der Waals surface area contributed by atoms with Gasteiger partial charge in [-0.1, -0.05) is 6.92 Å². The van der Waals surface area contributed by atoms with Gasteiger partial charge in [-0.15, -0.1) is 0 Å². The summed E-state index contributed by atoms with van der Waals surface area (Å²) < 4.78 is 16.5. The Labute approximate surface area is 176 Å². The minimum atomic E-state index is -0.588. The van der Waals surface area contributed by atoms with Crippen molar-refractivity contribution in [3.05, 3.63) is 40.2 Å². The molecule has 2 aliphatic rings. The van der Waals surface area contributed by atoms with Crippen LogP contribution in [0.1, 0.15) is 36.5 Å². The van der Waals surface area contributed by atoms with Gasteiger partial charge in [0.2, 0.25) is 0 Å². The Hall–Kier alpha value is -2.38. The zero-order valence-corrected chi connectivity index (χ0v) is 17.6. The van der Waals surface area contributed by atoms with E-state index in [1.54, 1.807) is 12.1 Å². The topological polar surface area (TPSA) is 72.2 Å². The van der Waals surface area contributed by atoms with Crippen molar-refractivity contribution in [1.29, 1.82) is 0 Å². The lowest BCUT2D eigenvalue weighted by atomic mass is 9.96. The van der Waals surface area contributed by atoms with Gasteiger partial charge >= 0.3 is 5.63 Å². The van der Waals surface area contributed by atoms with Crippen LogP contribution in [-0.4, -0.2) is 68.3 Å². The first kappa shape index (κ1) is 20.9. The van der Waals surface area contributed by atoms with Gasteiger partial charge in [-0.3, -0.25) is 9.69 Å². The van der Waals surface area contributed by atoms with E-state index in [4.69, 9.17) is 13.9 Å². The number of likely N-dealkylation sites (tertiary alicyclic amines) is 1. The van der Waals surface area contributed by atoms with Crippen LogP contribution in [0.4, 0.5) is 0 Å². The van der Waals surface area contributed by atoms with E-state index in [0.717, 1.165) is 57.5 Å². The number of amides is 1. The van der Waals surface area contributed by atoms with E-state index in [-0.39, 0.29) is 11.5 Å². The third kappa shape index (κ3) is 4.84. The molecule has 7 nitrogen and oxygen atoms in total. The van der Waals surface area contributed by atoms with Crippen LogP contribution in [0.5, 0.6) is 5.75 Å². The van der Waals surface area contributed by atoms with Crippen molar-refractivity contribution in [1.82, 2.24) is 9.80 Å². The van der Waals surface area contributed by atoms with Crippen LogP contribution in [-0.2, 0) is 4.74 Å². The second-order valence-electron chi connectivity index (χ2n) is 8.17. The fourth-order valence-corrected chi connectivity index (χ4v) is 4.27. The molecule has 0 bridgehead atoms. The molecular formula is C23H30N2O5. The monoisotopic (exact) mass is 414 g/mol. The quantitative estimate of drug-likeness (QED) is 0.677. The molecule has 1 aromatic heterocycles. The van der Waals surface area contributed by atoms with Crippen molar-refractivity contribution in [3.63, 3.8) is 0 Å². The van der Waals surface area contributed by atoms with Crippen LogP contribution in [0.3, 0.4) is 0 Å². The first-order valence-corrected chi connectivity index (χ1v) is 10.9. The van der Waals surface area contributed by atoms with Crippen LogP contribution < -0.4 is 10.4 Å². The lowest BCUT2D eigenvalue weighted by Crippen LogP contribution is -2.46. The molecule has 1 aromatic carbocycles. The van der Waals surface area contributed by atoms with E-state index in [9.17, 15) is 9.59 Å². The van der Waals surface area contributed by atoms with Crippen molar-refractivity contribution in [3.8, 4) is 5.75 Å². The van der Waals surface area contributed by atoms with Gasteiger partial charge in [0.05, 0.1) is 19.8 Å². The number of hydrogen-bond acceptors (Lipinski definition) is 6. The van der Waals surface area contributed by atoms with Crippen LogP contribution in [0.2, 0.25) is 0 Å². The van der Waals surface area contributed by atoms with Gasteiger partial charge in [0.15, 0.2) is 0 Å². The molecule has 7 heteroatoms. The zero-order chi connectivity index (χ0) is 20.9. The Balaban J connectivity index is 1.47. The van der Waals surface area contributed by atoms with E-state index in [1.807, 2.05) is 24.0 Å². The van der Waals surface area contributed by atoms with Gasteiger partial charge in [0.25, 0.3) is 5.91 Å². The zero-order valence-electron chi connectivity index (χ0n) is 17.6. The number of ether oxygens (including phenoxy) is 2. The summed E-state index contributed by atoms with van der Waals surface area (Å²) in [6.45, 7) is 8.41. The summed E-state index contributed by atoms with van der Waals surface area (Å²) in [5.74, 6) is 0.851. The average Bonchev–Trinajstić information content (AvgIpc) is 2.77. The first-order valence-electron chi connectivity index (χ1n) is 10.9. The first-order chi connectivity index (χ1) is 14.6. The second-order valence-corrected chi connectivity index (χ2v) is 8.17. The maximum absolute atomic E-state index is 13.1. The molecule has 2 aromatic rings. The SMILES string of the molecule is CCCOc1ccc2cc(C(=O)N3CCCC(CN4CCOCC4)C3)c(=O)oc2c1. The molecule has 30 heavy (non-hydrogen) atoms. The fraction of sp³-hybridized carbons (Fsp3) is 0.565. The number of nitrogens with zero attached hydrogens (tertiary/aromatic N) is 2. The minimum absolute atomic E-state index is 0.108. The molecule has 2 aliphatic heterocycles. The second kappa shape index (κ2) is 9.62. The molecule has 0 spiro atoms. The molecule has 1 unspecified atom stereocenters. The number of fused-ring (bicyclic) bond motifs is 1. The molecular weight excluding hydrogens is 384 g/mol. The molecule has 1 atom stereocenters. The average molecular weight is 415 g/mol. The highest BCUT2D eigenvalue weighted by molar-refractivity contribution is 5.96. The lowest BCUT2D eigenvalue weighted by Gasteiger charge is -2.36. The van der Waals surface area contributed by atoms with E-state index in [0.29, 0.717) is 36.9 Å². The van der Waals surface area contributed by atoms with Crippen molar-refractivity contribution in [2.45, 2.75) is 26.2 Å². The molecule has 0 saturated carbocycles. The Morgan fingerprint density at radius 2 is 2.03 bits per heavy atom. The molecule has 4 rings (SSSR count). The van der Waals surface area contributed by atoms with Crippen molar-refractivity contribution in [2.24, 2.45) is 5.92 Å². The Morgan fingerprint density at radius 3 is 2.83 bits per heavy atom. The van der Waals surface area contributed by atoms with E-state index >= 15 is 0 Å². The normalized spacial score (nSPS) is 20.4. The highest BCUT2D eigenvalue weighted by Gasteiger charge is 2.28. The summed E-state index contributed by atoms with van der Waals surface area (Å²) in [6, 6.07) is 7.03. The standard InChI is InChI=1S/C23H30N2O5/c1-2-10-29-19-6-5-18-13-20(23(27)30-21(18)14-19)22(26)25-7-3-4-17(16-25)15-24-8-11-28-12-9-24/h5-6,13-14,17H,2-4,7-12,15-16H2,1H3. The summed E-state index contributed by atoms with van der Waals surface area (Å²) in [7, 11) is 0. The predicted octanol–water partition coefficient (Wildman–Crippen LogP) is 2.77. The van der Waals surface area contributed by atoms with Gasteiger partial charge in [-0.25, -0.2) is 4.79 Å². The molecule has 0 aliphatic carbocycles. The predicted molar refractivity (Wildman–Crippen MR) is 114 cm³/mol. The fourth-order valence-electron chi connectivity index (χ4n) is 4.27. The van der Waals surface area contributed by atoms with Crippen LogP contribution in [0.15, 0.2) is 33.5 Å². The van der Waals surface area contributed by atoms with Crippen LogP contribution in [0.25, 0.3) is 11.0 Å². The number of benzene rings is 1. The highest BCUT2D eigenvalue weighted by Crippen LogP contribution is 2.23. The molecule has 1 amide bonds. The molecule has 2 saturated heterocycles. The summed E-state index contributed by atoms with van der Waals surface area (Å²) in [5.41, 5.74) is -0.0406. The smallest absolute Gasteiger partial charge is 0.349 e. The van der Waals surface area contributed by atoms with Gasteiger partial charge in [-0.2, -0.15) is 0 Å². The van der Waals surface area contributed by atoms with Crippen molar-refractivity contribution >= 4 is 16.9 Å². The number of hydrogen-bond donors (Lipinski definition) is 0. The summed E-state index contributed by atoms with van der Waals surface area (Å²) >= 11 is 0. The van der Waals surface area contributed by atoms with Gasteiger partial charge in [-0.05, 0) is 43.4 Å². The number of rotatable bonds is 6. The minimum Gasteiger partial charge on any atom is -0.493 e. The molecule has 3 heterocycles. The third-order valence-electron chi connectivity index (χ3n) is 5.84. The van der Waals surface area contributed by atoms with Crippen molar-refractivity contribution in [2.75, 3.05) is 52.5 Å². The maximum atomic E-state index is 13.1. The largest absolute Gasteiger partial charge is 0.493 e. The van der Waals surface area contributed by atoms with Gasteiger partial charge < -0.3 is 18.8 Å². The van der Waals surface area contributed by atoms with Crippen LogP contribution >= 0.6 is 0 Å². The Bertz CT molecular complexity index is 935. The van der Waals surface area contributed by atoms with Gasteiger partial charge in [0, 0.05) is 44.2 Å². The van der Waals surface area contributed by atoms with Crippen molar-refractivity contribution < 1.29 is 18.7 Å². The summed E-state index contributed by atoms with van der Waals surface area (Å²) in [6.07, 6.45) is 2.96. The Kier molecular flexibility index (Phi) is 6.69. The van der Waals surface area contributed by atoms with Gasteiger partial charge in [0.1, 0.15) is 16.9 Å². The highest BCUT2D eigenvalue weighted by atomic mass is 16.5. The number of carbonyl (C=O) groups excluding carboxylic acids is 1. The Morgan fingerprint density at radius 1 is 1.20 bits per heavy atom. The summed E-state index contributed by atoms with van der Waals surface area (Å²) in [5, 5.41) is 0.726. The lowest BCUT2D eigenvalue weighted by molar-refractivity contribution is 0.0223. The van der Waals surface area contributed by atoms with E-state index in [2.05, 4.69) is 4.90 Å². The molecule has 2 fully saturated rings. The maximum Gasteiger partial charge on any atom is 0.349 e. The molecule has 162 valence electrons.